The molecule has 14 heteroatoms. The number of imide groups is 1. The Bertz CT molecular complexity index is 2180. The lowest BCUT2D eigenvalue weighted by Crippen LogP contribution is -2.60. The first-order chi connectivity index (χ1) is 28.6. The van der Waals surface area contributed by atoms with E-state index in [2.05, 4.69) is 59.1 Å². The highest BCUT2D eigenvalue weighted by atomic mass is 16.7. The standard InChI is InChI=1S/C45H52N6O8/c1-4-48(5-2)28-16-17-32-38(23-28)58-39-25-37-36(47(3)26-29-11-10-21-49(29)37)24-33(39)45(32)31-13-7-6-12-30(31)44(56)50(45)35-15-9-8-14-34(35)46-40(52)27-57-22-20-43(55)59-51-41(53)18-19-42(51)54/h6-9,12-15,24-25,28-29,32,38H,4-5,10-11,16-23,26-27H2,1-3H3,(H,46,52). The van der Waals surface area contributed by atoms with Crippen molar-refractivity contribution < 1.29 is 38.3 Å². The van der Waals surface area contributed by atoms with Gasteiger partial charge in [0.25, 0.3) is 17.7 Å². The van der Waals surface area contributed by atoms with Gasteiger partial charge < -0.3 is 34.3 Å². The van der Waals surface area contributed by atoms with E-state index in [4.69, 9.17) is 14.3 Å². The molecule has 5 heterocycles. The van der Waals surface area contributed by atoms with Crippen LogP contribution in [0.4, 0.5) is 22.7 Å². The summed E-state index contributed by atoms with van der Waals surface area (Å²) in [5, 5.41) is 3.49. The zero-order chi connectivity index (χ0) is 41.0. The summed E-state index contributed by atoms with van der Waals surface area (Å²) in [6.07, 6.45) is 4.47. The van der Waals surface area contributed by atoms with Crippen LogP contribution in [-0.2, 0) is 34.3 Å². The molecule has 59 heavy (non-hydrogen) atoms. The molecule has 3 fully saturated rings. The number of para-hydroxylation sites is 2. The Morgan fingerprint density at radius 3 is 2.47 bits per heavy atom. The second kappa shape index (κ2) is 15.6. The maximum Gasteiger partial charge on any atom is 0.335 e. The number of carbonyl (C=O) groups excluding carboxylic acids is 5. The number of ether oxygens (including phenoxy) is 2. The van der Waals surface area contributed by atoms with Crippen molar-refractivity contribution in [2.24, 2.45) is 5.92 Å². The summed E-state index contributed by atoms with van der Waals surface area (Å²) < 4.78 is 12.8. The van der Waals surface area contributed by atoms with Gasteiger partial charge in [0.15, 0.2) is 0 Å². The Balaban J connectivity index is 1.07. The van der Waals surface area contributed by atoms with Crippen LogP contribution in [0, 0.1) is 5.92 Å². The molecule has 4 amide bonds. The van der Waals surface area contributed by atoms with E-state index < -0.39 is 29.2 Å². The van der Waals surface area contributed by atoms with Crippen molar-refractivity contribution in [2.45, 2.75) is 88.9 Å². The van der Waals surface area contributed by atoms with E-state index in [0.29, 0.717) is 34.1 Å². The van der Waals surface area contributed by atoms with Crippen molar-refractivity contribution in [3.05, 3.63) is 77.4 Å². The number of rotatable bonds is 11. The Morgan fingerprint density at radius 2 is 1.68 bits per heavy atom. The maximum atomic E-state index is 15.2. The van der Waals surface area contributed by atoms with Gasteiger partial charge in [0.1, 0.15) is 24.0 Å². The van der Waals surface area contributed by atoms with Gasteiger partial charge in [0, 0.05) is 74.6 Å². The molecule has 5 aliphatic heterocycles. The van der Waals surface area contributed by atoms with Crippen LogP contribution in [0.15, 0.2) is 60.7 Å². The van der Waals surface area contributed by atoms with E-state index in [1.807, 2.05) is 41.3 Å². The minimum atomic E-state index is -0.951. The summed E-state index contributed by atoms with van der Waals surface area (Å²) in [6, 6.07) is 20.7. The molecule has 14 nitrogen and oxygen atoms in total. The van der Waals surface area contributed by atoms with Crippen molar-refractivity contribution in [3.63, 3.8) is 0 Å². The van der Waals surface area contributed by atoms with Gasteiger partial charge in [-0.05, 0) is 68.6 Å². The number of amides is 4. The molecule has 2 saturated heterocycles. The fraction of sp³-hybridized carbons (Fsp3) is 0.489. The number of hydrogen-bond acceptors (Lipinski definition) is 11. The Hall–Kier alpha value is -5.47. The smallest absolute Gasteiger partial charge is 0.335 e. The predicted molar refractivity (Wildman–Crippen MR) is 220 cm³/mol. The second-order valence-corrected chi connectivity index (χ2v) is 16.5. The molecular weight excluding hydrogens is 753 g/mol. The van der Waals surface area contributed by atoms with Crippen LogP contribution in [0.25, 0.3) is 0 Å². The van der Waals surface area contributed by atoms with Crippen LogP contribution in [-0.4, -0.2) is 104 Å². The number of anilines is 4. The van der Waals surface area contributed by atoms with Crippen LogP contribution in [0.3, 0.4) is 0 Å². The van der Waals surface area contributed by atoms with Gasteiger partial charge in [-0.1, -0.05) is 44.2 Å². The average molecular weight is 805 g/mol. The summed E-state index contributed by atoms with van der Waals surface area (Å²) in [7, 11) is 2.16. The quantitative estimate of drug-likeness (QED) is 0.201. The highest BCUT2D eigenvalue weighted by Crippen LogP contribution is 2.62. The highest BCUT2D eigenvalue weighted by molar-refractivity contribution is 6.15. The van der Waals surface area contributed by atoms with Crippen molar-refractivity contribution in [1.82, 2.24) is 9.96 Å². The number of nitrogens with one attached hydrogen (secondary N) is 1. The van der Waals surface area contributed by atoms with Crippen LogP contribution in [0.2, 0.25) is 0 Å². The summed E-state index contributed by atoms with van der Waals surface area (Å²) in [4.78, 5) is 79.0. The zero-order valence-electron chi connectivity index (χ0n) is 34.0. The van der Waals surface area contributed by atoms with Gasteiger partial charge in [-0.2, -0.15) is 0 Å². The van der Waals surface area contributed by atoms with Crippen LogP contribution in [0.1, 0.15) is 86.7 Å². The minimum Gasteiger partial charge on any atom is -0.489 e. The van der Waals surface area contributed by atoms with Crippen molar-refractivity contribution >= 4 is 52.3 Å². The molecule has 310 valence electrons. The molecule has 6 aliphatic rings. The number of hydroxylamine groups is 2. The molecule has 0 aromatic heterocycles. The lowest BCUT2D eigenvalue weighted by molar-refractivity contribution is -0.198. The Kier molecular flexibility index (Phi) is 10.3. The molecular formula is C45H52N6O8. The van der Waals surface area contributed by atoms with E-state index in [-0.39, 0.29) is 50.4 Å². The molecule has 1 aliphatic carbocycles. The van der Waals surface area contributed by atoms with Gasteiger partial charge >= 0.3 is 5.97 Å². The average Bonchev–Trinajstić information content (AvgIpc) is 3.91. The van der Waals surface area contributed by atoms with Crippen molar-refractivity contribution in [3.8, 4) is 5.75 Å². The number of nitrogens with zero attached hydrogens (tertiary/aromatic N) is 5. The molecule has 0 radical (unpaired) electrons. The van der Waals surface area contributed by atoms with Gasteiger partial charge in [0.2, 0.25) is 5.91 Å². The number of likely N-dealkylation sites (N-methyl/N-ethyl adjacent to an activating group) is 1. The molecule has 5 unspecified atom stereocenters. The van der Waals surface area contributed by atoms with Gasteiger partial charge in [0.05, 0.1) is 35.8 Å². The summed E-state index contributed by atoms with van der Waals surface area (Å²) in [5.74, 6) is -1.87. The van der Waals surface area contributed by atoms with Crippen LogP contribution < -0.4 is 24.8 Å². The zero-order valence-corrected chi connectivity index (χ0v) is 34.0. The van der Waals surface area contributed by atoms with Crippen molar-refractivity contribution in [1.29, 1.82) is 0 Å². The lowest BCUT2D eigenvalue weighted by Gasteiger charge is -2.55. The van der Waals surface area contributed by atoms with E-state index in [1.165, 1.54) is 5.69 Å². The normalized spacial score (nSPS) is 25.5. The third-order valence-corrected chi connectivity index (χ3v) is 13.4. The predicted octanol–water partition coefficient (Wildman–Crippen LogP) is 5.23. The lowest BCUT2D eigenvalue weighted by atomic mass is 9.63. The van der Waals surface area contributed by atoms with E-state index in [1.54, 1.807) is 6.07 Å². The second-order valence-electron chi connectivity index (χ2n) is 16.5. The molecule has 0 bridgehead atoms. The van der Waals surface area contributed by atoms with Gasteiger partial charge in [-0.15, -0.1) is 5.06 Å². The fourth-order valence-electron chi connectivity index (χ4n) is 10.8. The van der Waals surface area contributed by atoms with E-state index in [9.17, 15) is 19.2 Å². The first-order valence-electron chi connectivity index (χ1n) is 21.2. The largest absolute Gasteiger partial charge is 0.489 e. The monoisotopic (exact) mass is 804 g/mol. The number of hydrogen-bond donors (Lipinski definition) is 1. The first kappa shape index (κ1) is 39.0. The summed E-state index contributed by atoms with van der Waals surface area (Å²) >= 11 is 0. The SMILES string of the molecule is CCN(CC)C1CCC2C(C1)Oc1cc3c(cc1C21c2ccccc2C(=O)N1c1ccccc1NC(=O)COCCC(=O)ON1C(=O)CCC1=O)N(C)CC1CCCN31. The van der Waals surface area contributed by atoms with Crippen LogP contribution in [0.5, 0.6) is 5.75 Å². The highest BCUT2D eigenvalue weighted by Gasteiger charge is 2.63. The Labute approximate surface area is 344 Å². The number of carbonyl (C=O) groups is 5. The van der Waals surface area contributed by atoms with E-state index in [0.717, 1.165) is 80.8 Å². The maximum absolute atomic E-state index is 15.2. The minimum absolute atomic E-state index is 0.00241. The number of benzene rings is 3. The van der Waals surface area contributed by atoms with Crippen molar-refractivity contribution in [2.75, 3.05) is 66.5 Å². The molecule has 5 atom stereocenters. The molecule has 3 aromatic rings. The Morgan fingerprint density at radius 1 is 0.915 bits per heavy atom. The van der Waals surface area contributed by atoms with E-state index >= 15 is 4.79 Å². The summed E-state index contributed by atoms with van der Waals surface area (Å²) in [6.45, 7) is 7.70. The topological polar surface area (TPSA) is 141 Å². The summed E-state index contributed by atoms with van der Waals surface area (Å²) in [5.41, 5.74) is 4.88. The molecule has 1 saturated carbocycles. The molecule has 1 N–H and O–H groups in total. The molecule has 9 rings (SSSR count). The van der Waals surface area contributed by atoms with Gasteiger partial charge in [-0.3, -0.25) is 24.1 Å². The third-order valence-electron chi connectivity index (χ3n) is 13.4. The van der Waals surface area contributed by atoms with Gasteiger partial charge in [-0.25, -0.2) is 4.79 Å². The van der Waals surface area contributed by atoms with Crippen LogP contribution >= 0.6 is 0 Å². The number of fused-ring (bicyclic) bond motifs is 9. The molecule has 3 aromatic carbocycles. The molecule has 1 spiro atoms. The third kappa shape index (κ3) is 6.51. The first-order valence-corrected chi connectivity index (χ1v) is 21.2. The fourth-order valence-corrected chi connectivity index (χ4v) is 10.8.